The fourth-order valence-corrected chi connectivity index (χ4v) is 3.14. The largest absolute Gasteiger partial charge is 0.481 e. The Morgan fingerprint density at radius 3 is 2.57 bits per heavy atom. The molecule has 1 fully saturated rings. The van der Waals surface area contributed by atoms with Gasteiger partial charge in [-0.15, -0.1) is 0 Å². The first-order valence-corrected chi connectivity index (χ1v) is 6.88. The quantitative estimate of drug-likeness (QED) is 0.833. The Kier molecular flexibility index (Phi) is 3.10. The van der Waals surface area contributed by atoms with Gasteiger partial charge in [0.2, 0.25) is 5.91 Å². The molecule has 0 aliphatic carbocycles. The van der Waals surface area contributed by atoms with Crippen molar-refractivity contribution in [1.29, 1.82) is 0 Å². The van der Waals surface area contributed by atoms with Crippen LogP contribution in [0.4, 0.5) is 5.69 Å². The van der Waals surface area contributed by atoms with E-state index in [2.05, 4.69) is 5.32 Å². The molecule has 110 valence electrons. The smallest absolute Gasteiger partial charge is 0.310 e. The van der Waals surface area contributed by atoms with Crippen LogP contribution >= 0.6 is 0 Å². The van der Waals surface area contributed by atoms with E-state index in [0.29, 0.717) is 5.69 Å². The van der Waals surface area contributed by atoms with Crippen LogP contribution in [0.25, 0.3) is 0 Å². The van der Waals surface area contributed by atoms with E-state index in [1.165, 1.54) is 0 Å². The SMILES string of the molecule is Cc1ccc(NC(=O)C2C(C(=O)O)C3C=CC2(C)O3)cc1. The summed E-state index contributed by atoms with van der Waals surface area (Å²) in [6, 6.07) is 7.39. The van der Waals surface area contributed by atoms with Crippen molar-refractivity contribution >= 4 is 17.6 Å². The molecule has 2 aliphatic rings. The maximum atomic E-state index is 12.5. The molecule has 5 nitrogen and oxygen atoms in total. The van der Waals surface area contributed by atoms with Crippen molar-refractivity contribution in [3.8, 4) is 0 Å². The first-order valence-electron chi connectivity index (χ1n) is 6.88. The maximum absolute atomic E-state index is 12.5. The lowest BCUT2D eigenvalue weighted by Gasteiger charge is -2.27. The van der Waals surface area contributed by atoms with Gasteiger partial charge < -0.3 is 15.2 Å². The molecule has 2 N–H and O–H groups in total. The van der Waals surface area contributed by atoms with E-state index in [-0.39, 0.29) is 5.91 Å². The van der Waals surface area contributed by atoms with Gasteiger partial charge in [0.15, 0.2) is 0 Å². The molecular weight excluding hydrogens is 270 g/mol. The molecule has 4 atom stereocenters. The zero-order chi connectivity index (χ0) is 15.2. The number of aryl methyl sites for hydroxylation is 1. The number of hydrogen-bond acceptors (Lipinski definition) is 3. The predicted molar refractivity (Wildman–Crippen MR) is 76.8 cm³/mol. The van der Waals surface area contributed by atoms with E-state index in [4.69, 9.17) is 4.74 Å². The fourth-order valence-electron chi connectivity index (χ4n) is 3.14. The number of anilines is 1. The van der Waals surface area contributed by atoms with Crippen LogP contribution in [0.15, 0.2) is 36.4 Å². The van der Waals surface area contributed by atoms with Gasteiger partial charge in [-0.1, -0.05) is 29.8 Å². The van der Waals surface area contributed by atoms with Crippen LogP contribution < -0.4 is 5.32 Å². The summed E-state index contributed by atoms with van der Waals surface area (Å²) in [5, 5.41) is 12.2. The monoisotopic (exact) mass is 287 g/mol. The molecule has 1 aromatic carbocycles. The lowest BCUT2D eigenvalue weighted by atomic mass is 9.75. The summed E-state index contributed by atoms with van der Waals surface area (Å²) in [7, 11) is 0. The summed E-state index contributed by atoms with van der Waals surface area (Å²) in [4.78, 5) is 24.0. The first kappa shape index (κ1) is 13.8. The number of amides is 1. The van der Waals surface area contributed by atoms with Gasteiger partial charge in [0.1, 0.15) is 5.92 Å². The molecule has 4 unspecified atom stereocenters. The average Bonchev–Trinajstić information content (AvgIpc) is 2.94. The highest BCUT2D eigenvalue weighted by Crippen LogP contribution is 2.47. The minimum absolute atomic E-state index is 0.319. The Bertz CT molecular complexity index is 622. The third-order valence-corrected chi connectivity index (χ3v) is 4.22. The van der Waals surface area contributed by atoms with Gasteiger partial charge in [-0.2, -0.15) is 0 Å². The number of fused-ring (bicyclic) bond motifs is 2. The Morgan fingerprint density at radius 1 is 1.29 bits per heavy atom. The number of carboxylic acid groups (broad SMARTS) is 1. The molecule has 2 heterocycles. The van der Waals surface area contributed by atoms with Crippen molar-refractivity contribution in [3.05, 3.63) is 42.0 Å². The number of carbonyl (C=O) groups excluding carboxylic acids is 1. The van der Waals surface area contributed by atoms with Crippen molar-refractivity contribution in [3.63, 3.8) is 0 Å². The van der Waals surface area contributed by atoms with Gasteiger partial charge in [-0.05, 0) is 26.0 Å². The lowest BCUT2D eigenvalue weighted by molar-refractivity contribution is -0.146. The Morgan fingerprint density at radius 2 is 1.95 bits per heavy atom. The van der Waals surface area contributed by atoms with Crippen LogP contribution in [0.1, 0.15) is 12.5 Å². The normalized spacial score (nSPS) is 33.1. The second-order valence-electron chi connectivity index (χ2n) is 5.82. The van der Waals surface area contributed by atoms with Crippen molar-refractivity contribution in [2.24, 2.45) is 11.8 Å². The zero-order valence-electron chi connectivity index (χ0n) is 11.9. The molecule has 0 spiro atoms. The second-order valence-corrected chi connectivity index (χ2v) is 5.82. The summed E-state index contributed by atoms with van der Waals surface area (Å²) in [6.07, 6.45) is 2.99. The Hall–Kier alpha value is -2.14. The fraction of sp³-hybridized carbons (Fsp3) is 0.375. The van der Waals surface area contributed by atoms with E-state index in [9.17, 15) is 14.7 Å². The molecular formula is C16H17NO4. The van der Waals surface area contributed by atoms with E-state index in [1.54, 1.807) is 31.2 Å². The van der Waals surface area contributed by atoms with Gasteiger partial charge in [-0.3, -0.25) is 9.59 Å². The van der Waals surface area contributed by atoms with E-state index >= 15 is 0 Å². The van der Waals surface area contributed by atoms with Gasteiger partial charge in [0.25, 0.3) is 0 Å². The highest BCUT2D eigenvalue weighted by Gasteiger charge is 2.59. The molecule has 0 aromatic heterocycles. The second kappa shape index (κ2) is 4.70. The molecule has 2 aliphatic heterocycles. The van der Waals surface area contributed by atoms with Gasteiger partial charge in [0.05, 0.1) is 17.6 Å². The number of carboxylic acids is 1. The molecule has 3 rings (SSSR count). The summed E-state index contributed by atoms with van der Waals surface area (Å²) < 4.78 is 5.67. The van der Waals surface area contributed by atoms with E-state index < -0.39 is 29.5 Å². The van der Waals surface area contributed by atoms with Crippen LogP contribution in [0.2, 0.25) is 0 Å². The molecule has 0 radical (unpaired) electrons. The molecule has 2 bridgehead atoms. The highest BCUT2D eigenvalue weighted by atomic mass is 16.5. The van der Waals surface area contributed by atoms with Crippen molar-refractivity contribution < 1.29 is 19.4 Å². The number of aliphatic carboxylic acids is 1. The molecule has 1 amide bonds. The Balaban J connectivity index is 1.84. The number of nitrogens with one attached hydrogen (secondary N) is 1. The van der Waals surface area contributed by atoms with Gasteiger partial charge in [-0.25, -0.2) is 0 Å². The maximum Gasteiger partial charge on any atom is 0.310 e. The Labute approximate surface area is 122 Å². The van der Waals surface area contributed by atoms with Gasteiger partial charge >= 0.3 is 5.97 Å². The summed E-state index contributed by atoms with van der Waals surface area (Å²) in [5.74, 6) is -2.89. The van der Waals surface area contributed by atoms with Gasteiger partial charge in [0, 0.05) is 5.69 Å². The van der Waals surface area contributed by atoms with Crippen molar-refractivity contribution in [2.45, 2.75) is 25.6 Å². The summed E-state index contributed by atoms with van der Waals surface area (Å²) in [5.41, 5.74) is 0.905. The topological polar surface area (TPSA) is 75.6 Å². The van der Waals surface area contributed by atoms with Crippen molar-refractivity contribution in [2.75, 3.05) is 5.32 Å². The molecule has 0 saturated carbocycles. The van der Waals surface area contributed by atoms with E-state index in [1.807, 2.05) is 19.1 Å². The number of ether oxygens (including phenoxy) is 1. The number of benzene rings is 1. The first-order chi connectivity index (χ1) is 9.90. The van der Waals surface area contributed by atoms with E-state index in [0.717, 1.165) is 5.56 Å². The van der Waals surface area contributed by atoms with Crippen LogP contribution in [-0.2, 0) is 14.3 Å². The summed E-state index contributed by atoms with van der Waals surface area (Å²) in [6.45, 7) is 3.72. The van der Waals surface area contributed by atoms with Crippen LogP contribution in [0.3, 0.4) is 0 Å². The minimum Gasteiger partial charge on any atom is -0.481 e. The third-order valence-electron chi connectivity index (χ3n) is 4.22. The third kappa shape index (κ3) is 2.23. The zero-order valence-corrected chi connectivity index (χ0v) is 11.9. The predicted octanol–water partition coefficient (Wildman–Crippen LogP) is 1.98. The summed E-state index contributed by atoms with van der Waals surface area (Å²) >= 11 is 0. The molecule has 21 heavy (non-hydrogen) atoms. The van der Waals surface area contributed by atoms with Crippen molar-refractivity contribution in [1.82, 2.24) is 0 Å². The average molecular weight is 287 g/mol. The molecule has 1 aromatic rings. The highest BCUT2D eigenvalue weighted by molar-refractivity contribution is 5.97. The van der Waals surface area contributed by atoms with Crippen LogP contribution in [0.5, 0.6) is 0 Å². The minimum atomic E-state index is -1.00. The lowest BCUT2D eigenvalue weighted by Crippen LogP contribution is -2.44. The van der Waals surface area contributed by atoms with Crippen LogP contribution in [0, 0.1) is 18.8 Å². The number of hydrogen-bond donors (Lipinski definition) is 2. The molecule has 1 saturated heterocycles. The standard InChI is InChI=1S/C16H17NO4/c1-9-3-5-10(6-4-9)17-14(18)13-12(15(19)20)11-7-8-16(13,2)21-11/h3-8,11-13H,1-2H3,(H,17,18)(H,19,20). The number of rotatable bonds is 3. The number of carbonyl (C=O) groups is 2. The molecule has 5 heteroatoms. The van der Waals surface area contributed by atoms with Crippen LogP contribution in [-0.4, -0.2) is 28.7 Å².